The summed E-state index contributed by atoms with van der Waals surface area (Å²) >= 11 is 0. The Morgan fingerprint density at radius 3 is 2.65 bits per heavy atom. The molecule has 1 aromatic rings. The number of nitrogens with two attached hydrogens (primary N) is 1. The van der Waals surface area contributed by atoms with Crippen molar-refractivity contribution in [2.24, 2.45) is 22.5 Å². The molecular formula is C20H28FNO. The lowest BCUT2D eigenvalue weighted by atomic mass is 9.49. The van der Waals surface area contributed by atoms with Gasteiger partial charge in [0.25, 0.3) is 0 Å². The minimum absolute atomic E-state index is 0. The second kappa shape index (κ2) is 5.06. The number of benzene rings is 1. The van der Waals surface area contributed by atoms with Crippen molar-refractivity contribution < 1.29 is 10.6 Å². The zero-order valence-electron chi connectivity index (χ0n) is 13.7. The summed E-state index contributed by atoms with van der Waals surface area (Å²) in [5.41, 5.74) is 6.95. The van der Waals surface area contributed by atoms with E-state index in [0.29, 0.717) is 12.3 Å². The fourth-order valence-electron chi connectivity index (χ4n) is 6.48. The summed E-state index contributed by atoms with van der Waals surface area (Å²) < 4.78 is 13.3. The lowest BCUT2D eigenvalue weighted by Crippen LogP contribution is -2.51. The van der Waals surface area contributed by atoms with Gasteiger partial charge in [-0.1, -0.05) is 30.3 Å². The smallest absolute Gasteiger partial charge is 0.223 e. The molecule has 0 heterocycles. The monoisotopic (exact) mass is 317 g/mol. The van der Waals surface area contributed by atoms with E-state index in [2.05, 4.69) is 24.3 Å². The molecule has 2 N–H and O–H groups in total. The van der Waals surface area contributed by atoms with E-state index in [0.717, 1.165) is 44.9 Å². The second-order valence-corrected chi connectivity index (χ2v) is 8.56. The van der Waals surface area contributed by atoms with Crippen LogP contribution in [0.15, 0.2) is 30.3 Å². The Morgan fingerprint density at radius 1 is 1.17 bits per heavy atom. The van der Waals surface area contributed by atoms with Gasteiger partial charge in [-0.3, -0.25) is 9.18 Å². The van der Waals surface area contributed by atoms with Crippen molar-refractivity contribution in [3.05, 3.63) is 35.9 Å². The molecule has 2 nitrogen and oxygen atoms in total. The van der Waals surface area contributed by atoms with E-state index in [4.69, 9.17) is 5.73 Å². The maximum absolute atomic E-state index is 13.3. The van der Waals surface area contributed by atoms with E-state index in [1.807, 2.05) is 6.07 Å². The maximum atomic E-state index is 13.3. The fourth-order valence-corrected chi connectivity index (χ4v) is 6.48. The first-order valence-corrected chi connectivity index (χ1v) is 8.93. The summed E-state index contributed by atoms with van der Waals surface area (Å²) in [6.45, 7) is -0.249. The van der Waals surface area contributed by atoms with Gasteiger partial charge in [0.1, 0.15) is 0 Å². The van der Waals surface area contributed by atoms with E-state index in [-0.39, 0.29) is 30.3 Å². The summed E-state index contributed by atoms with van der Waals surface area (Å²) in [5, 5.41) is 0. The van der Waals surface area contributed by atoms with E-state index in [1.165, 1.54) is 5.56 Å². The summed E-state index contributed by atoms with van der Waals surface area (Å²) in [6.07, 6.45) is 7.50. The molecule has 4 fully saturated rings. The highest BCUT2D eigenvalue weighted by Crippen LogP contribution is 2.67. The van der Waals surface area contributed by atoms with Gasteiger partial charge < -0.3 is 5.73 Å². The van der Waals surface area contributed by atoms with Crippen LogP contribution in [0.25, 0.3) is 0 Å². The van der Waals surface area contributed by atoms with E-state index >= 15 is 0 Å². The molecule has 3 heteroatoms. The molecule has 4 bridgehead atoms. The molecule has 4 saturated carbocycles. The molecule has 2 unspecified atom stereocenters. The van der Waals surface area contributed by atoms with Crippen LogP contribution < -0.4 is 5.73 Å². The van der Waals surface area contributed by atoms with Crippen molar-refractivity contribution in [3.63, 3.8) is 0 Å². The SMILES string of the molecule is NC(=O)C12CC[C@]3(CCF)CC(C1)C[C@](c1ccccc1)(C2)C3.[HH]. The van der Waals surface area contributed by atoms with Crippen molar-refractivity contribution in [1.82, 2.24) is 0 Å². The average Bonchev–Trinajstić information content (AvgIpc) is 2.70. The van der Waals surface area contributed by atoms with Crippen molar-refractivity contribution >= 4 is 5.91 Å². The molecular weight excluding hydrogens is 289 g/mol. The third-order valence-corrected chi connectivity index (χ3v) is 7.14. The van der Waals surface area contributed by atoms with Gasteiger partial charge in [-0.2, -0.15) is 0 Å². The quantitative estimate of drug-likeness (QED) is 0.880. The van der Waals surface area contributed by atoms with E-state index in [1.54, 1.807) is 0 Å². The van der Waals surface area contributed by atoms with Gasteiger partial charge in [-0.25, -0.2) is 0 Å². The number of rotatable bonds is 4. The highest BCUT2D eigenvalue weighted by atomic mass is 19.1. The zero-order chi connectivity index (χ0) is 16.1. The van der Waals surface area contributed by atoms with Crippen molar-refractivity contribution in [3.8, 4) is 0 Å². The van der Waals surface area contributed by atoms with Crippen LogP contribution in [0.1, 0.15) is 58.4 Å². The number of carbonyl (C=O) groups is 1. The Kier molecular flexibility index (Phi) is 3.33. The number of halogens is 1. The number of hydrogen-bond donors (Lipinski definition) is 1. The van der Waals surface area contributed by atoms with Gasteiger partial charge in [0, 0.05) is 1.43 Å². The Bertz CT molecular complexity index is 623. The Morgan fingerprint density at radius 2 is 1.96 bits per heavy atom. The molecule has 5 rings (SSSR count). The minimum Gasteiger partial charge on any atom is -0.369 e. The summed E-state index contributed by atoms with van der Waals surface area (Å²) in [7, 11) is 0. The minimum atomic E-state index is -0.368. The number of amides is 1. The van der Waals surface area contributed by atoms with Gasteiger partial charge in [0.2, 0.25) is 5.91 Å². The van der Waals surface area contributed by atoms with Gasteiger partial charge >= 0.3 is 0 Å². The molecule has 23 heavy (non-hydrogen) atoms. The van der Waals surface area contributed by atoms with Gasteiger partial charge in [-0.15, -0.1) is 0 Å². The van der Waals surface area contributed by atoms with Crippen molar-refractivity contribution in [2.45, 2.75) is 56.8 Å². The molecule has 1 aromatic carbocycles. The lowest BCUT2D eigenvalue weighted by molar-refractivity contribution is -0.133. The van der Waals surface area contributed by atoms with Gasteiger partial charge in [-0.05, 0) is 73.7 Å². The topological polar surface area (TPSA) is 43.1 Å². The molecule has 0 aromatic heterocycles. The average molecular weight is 317 g/mol. The second-order valence-electron chi connectivity index (χ2n) is 8.56. The standard InChI is InChI=1S/C20H26FNO.H2/c21-9-8-18-6-7-19(17(22)23)11-15(10-18)12-20(13-18,14-19)16-4-2-1-3-5-16;/h1-5,15H,6-14H2,(H2,22,23);1H/t15?,18-,19?,20+;/m0./s1. The highest BCUT2D eigenvalue weighted by molar-refractivity contribution is 5.81. The first-order valence-electron chi connectivity index (χ1n) is 8.93. The predicted molar refractivity (Wildman–Crippen MR) is 90.7 cm³/mol. The van der Waals surface area contributed by atoms with Crippen LogP contribution >= 0.6 is 0 Å². The molecule has 1 amide bonds. The van der Waals surface area contributed by atoms with Gasteiger partial charge in [0.15, 0.2) is 0 Å². The van der Waals surface area contributed by atoms with E-state index < -0.39 is 0 Å². The van der Waals surface area contributed by atoms with E-state index in [9.17, 15) is 9.18 Å². The first kappa shape index (κ1) is 15.2. The third-order valence-electron chi connectivity index (χ3n) is 7.14. The maximum Gasteiger partial charge on any atom is 0.223 e. The molecule has 0 spiro atoms. The van der Waals surface area contributed by atoms with Crippen LogP contribution in [0, 0.1) is 16.7 Å². The first-order chi connectivity index (χ1) is 11.0. The Balaban J connectivity index is 0.00000169. The molecule has 126 valence electrons. The lowest BCUT2D eigenvalue weighted by Gasteiger charge is -2.55. The number of primary amides is 1. The molecule has 4 aliphatic carbocycles. The number of carbonyl (C=O) groups excluding carboxylic acids is 1. The van der Waals surface area contributed by atoms with Crippen LogP contribution in [-0.2, 0) is 10.2 Å². The third kappa shape index (κ3) is 2.23. The summed E-state index contributed by atoms with van der Waals surface area (Å²) in [4.78, 5) is 12.4. The molecule has 0 aliphatic heterocycles. The number of hydrogen-bond acceptors (Lipinski definition) is 1. The molecule has 0 radical (unpaired) electrons. The number of fused-ring (bicyclic) bond motifs is 1. The Labute approximate surface area is 139 Å². The van der Waals surface area contributed by atoms with Crippen molar-refractivity contribution in [1.29, 1.82) is 0 Å². The van der Waals surface area contributed by atoms with Crippen LogP contribution in [0.5, 0.6) is 0 Å². The highest BCUT2D eigenvalue weighted by Gasteiger charge is 2.61. The summed E-state index contributed by atoms with van der Waals surface area (Å²) in [5.74, 6) is 0.389. The predicted octanol–water partition coefficient (Wildman–Crippen LogP) is 4.38. The molecule has 4 atom stereocenters. The van der Waals surface area contributed by atoms with Crippen molar-refractivity contribution in [2.75, 3.05) is 6.67 Å². The molecule has 0 saturated heterocycles. The normalized spacial score (nSPS) is 41.7. The fraction of sp³-hybridized carbons (Fsp3) is 0.650. The Hall–Kier alpha value is -1.38. The van der Waals surface area contributed by atoms with Crippen LogP contribution in [-0.4, -0.2) is 12.6 Å². The van der Waals surface area contributed by atoms with Gasteiger partial charge in [0.05, 0.1) is 12.1 Å². The number of alkyl halides is 1. The largest absolute Gasteiger partial charge is 0.369 e. The zero-order valence-corrected chi connectivity index (χ0v) is 13.7. The van der Waals surface area contributed by atoms with Crippen LogP contribution in [0.2, 0.25) is 0 Å². The van der Waals surface area contributed by atoms with Crippen LogP contribution in [0.4, 0.5) is 4.39 Å². The molecule has 4 aliphatic rings. The van der Waals surface area contributed by atoms with Crippen LogP contribution in [0.3, 0.4) is 0 Å². The summed E-state index contributed by atoms with van der Waals surface area (Å²) in [6, 6.07) is 10.6.